The van der Waals surface area contributed by atoms with Crippen LogP contribution in [0.25, 0.3) is 0 Å². The zero-order valence-corrected chi connectivity index (χ0v) is 17.2. The Morgan fingerprint density at radius 3 is 2.52 bits per heavy atom. The van der Waals surface area contributed by atoms with E-state index < -0.39 is 0 Å². The molecule has 1 aliphatic heterocycles. The Bertz CT molecular complexity index is 573. The summed E-state index contributed by atoms with van der Waals surface area (Å²) in [6.07, 6.45) is 4.95. The van der Waals surface area contributed by atoms with Gasteiger partial charge in [0.25, 0.3) is 5.91 Å². The van der Waals surface area contributed by atoms with Gasteiger partial charge in [-0.05, 0) is 37.5 Å². The van der Waals surface area contributed by atoms with Gasteiger partial charge in [-0.1, -0.05) is 18.9 Å². The third kappa shape index (κ3) is 5.19. The SMILES string of the molecule is Cc1ccc(N)cc1C(=O)NCC1(N2CCSCC2)CCCC1.Cl.Cl. The molecule has 7 heteroatoms. The summed E-state index contributed by atoms with van der Waals surface area (Å²) in [5, 5.41) is 3.20. The summed E-state index contributed by atoms with van der Waals surface area (Å²) in [6.45, 7) is 5.02. The molecule has 1 aliphatic carbocycles. The zero-order chi connectivity index (χ0) is 16.3. The molecule has 1 saturated heterocycles. The highest BCUT2D eigenvalue weighted by atomic mass is 35.5. The minimum Gasteiger partial charge on any atom is -0.399 e. The van der Waals surface area contributed by atoms with Gasteiger partial charge in [0.1, 0.15) is 0 Å². The van der Waals surface area contributed by atoms with E-state index in [2.05, 4.69) is 10.2 Å². The van der Waals surface area contributed by atoms with Gasteiger partial charge in [-0.15, -0.1) is 24.8 Å². The average molecular weight is 406 g/mol. The second-order valence-electron chi connectivity index (χ2n) is 6.79. The molecule has 1 saturated carbocycles. The number of thioether (sulfide) groups is 1. The number of nitrogen functional groups attached to an aromatic ring is 1. The molecule has 3 N–H and O–H groups in total. The van der Waals surface area contributed by atoms with Gasteiger partial charge in [0.2, 0.25) is 0 Å². The first kappa shape index (κ1) is 22.4. The predicted molar refractivity (Wildman–Crippen MR) is 113 cm³/mol. The number of nitrogens with two attached hydrogens (primary N) is 1. The first-order valence-corrected chi connectivity index (χ1v) is 9.73. The van der Waals surface area contributed by atoms with Crippen molar-refractivity contribution in [2.75, 3.05) is 36.9 Å². The van der Waals surface area contributed by atoms with Crippen molar-refractivity contribution < 1.29 is 4.79 Å². The second-order valence-corrected chi connectivity index (χ2v) is 8.01. The highest BCUT2D eigenvalue weighted by Crippen LogP contribution is 2.36. The molecular formula is C18H29Cl2N3OS. The number of amides is 1. The number of benzene rings is 1. The maximum atomic E-state index is 12.6. The molecule has 2 fully saturated rings. The lowest BCUT2D eigenvalue weighted by Gasteiger charge is -2.43. The monoisotopic (exact) mass is 405 g/mol. The van der Waals surface area contributed by atoms with Crippen LogP contribution in [0.2, 0.25) is 0 Å². The van der Waals surface area contributed by atoms with Gasteiger partial charge in [0.05, 0.1) is 0 Å². The largest absolute Gasteiger partial charge is 0.399 e. The number of rotatable bonds is 4. The van der Waals surface area contributed by atoms with Crippen LogP contribution < -0.4 is 11.1 Å². The van der Waals surface area contributed by atoms with Gasteiger partial charge in [-0.3, -0.25) is 9.69 Å². The molecule has 0 unspecified atom stereocenters. The van der Waals surface area contributed by atoms with E-state index in [9.17, 15) is 4.79 Å². The van der Waals surface area contributed by atoms with Crippen molar-refractivity contribution in [1.29, 1.82) is 0 Å². The fraction of sp³-hybridized carbons (Fsp3) is 0.611. The number of nitrogens with one attached hydrogen (secondary N) is 1. The minimum atomic E-state index is 0. The molecule has 3 rings (SSSR count). The van der Waals surface area contributed by atoms with E-state index in [1.807, 2.05) is 30.8 Å². The number of aryl methyl sites for hydroxylation is 1. The maximum Gasteiger partial charge on any atom is 0.251 e. The zero-order valence-electron chi connectivity index (χ0n) is 14.8. The van der Waals surface area contributed by atoms with E-state index in [0.29, 0.717) is 11.3 Å². The normalized spacial score (nSPS) is 19.6. The summed E-state index contributed by atoms with van der Waals surface area (Å²) >= 11 is 2.04. The summed E-state index contributed by atoms with van der Waals surface area (Å²) < 4.78 is 0. The van der Waals surface area contributed by atoms with Crippen LogP contribution in [0, 0.1) is 6.92 Å². The quantitative estimate of drug-likeness (QED) is 0.752. The third-order valence-corrected chi connectivity index (χ3v) is 6.24. The van der Waals surface area contributed by atoms with Crippen LogP contribution in [0.4, 0.5) is 5.69 Å². The summed E-state index contributed by atoms with van der Waals surface area (Å²) in [5.74, 6) is 2.43. The van der Waals surface area contributed by atoms with Crippen molar-refractivity contribution in [3.05, 3.63) is 29.3 Å². The van der Waals surface area contributed by atoms with E-state index in [4.69, 9.17) is 5.73 Å². The van der Waals surface area contributed by atoms with Crippen LogP contribution in [-0.4, -0.2) is 47.5 Å². The van der Waals surface area contributed by atoms with Crippen LogP contribution >= 0.6 is 36.6 Å². The van der Waals surface area contributed by atoms with Crippen molar-refractivity contribution in [2.45, 2.75) is 38.1 Å². The number of hydrogen-bond acceptors (Lipinski definition) is 4. The molecule has 0 spiro atoms. The van der Waals surface area contributed by atoms with Crippen molar-refractivity contribution >= 4 is 48.2 Å². The Hall–Kier alpha value is -0.620. The standard InChI is InChI=1S/C18H27N3OS.2ClH/c1-14-4-5-15(19)12-16(14)17(22)20-13-18(6-2-3-7-18)21-8-10-23-11-9-21;;/h4-5,12H,2-3,6-11,13,19H2,1H3,(H,20,22);2*1H. The third-order valence-electron chi connectivity index (χ3n) is 5.30. The molecule has 0 bridgehead atoms. The maximum absolute atomic E-state index is 12.6. The summed E-state index contributed by atoms with van der Waals surface area (Å²) in [7, 11) is 0. The molecule has 0 atom stereocenters. The Morgan fingerprint density at radius 1 is 1.24 bits per heavy atom. The fourth-order valence-corrected chi connectivity index (χ4v) is 4.80. The lowest BCUT2D eigenvalue weighted by molar-refractivity contribution is 0.0817. The average Bonchev–Trinajstić information content (AvgIpc) is 3.06. The molecule has 1 amide bonds. The summed E-state index contributed by atoms with van der Waals surface area (Å²) in [4.78, 5) is 15.2. The molecule has 25 heavy (non-hydrogen) atoms. The van der Waals surface area contributed by atoms with Crippen molar-refractivity contribution in [3.63, 3.8) is 0 Å². The Morgan fingerprint density at radius 2 is 1.88 bits per heavy atom. The predicted octanol–water partition coefficient (Wildman–Crippen LogP) is 3.51. The summed E-state index contributed by atoms with van der Waals surface area (Å²) in [5.41, 5.74) is 8.33. The molecule has 1 aromatic carbocycles. The smallest absolute Gasteiger partial charge is 0.251 e. The first-order chi connectivity index (χ1) is 11.1. The van der Waals surface area contributed by atoms with Gasteiger partial charge in [0.15, 0.2) is 0 Å². The van der Waals surface area contributed by atoms with Gasteiger partial charge < -0.3 is 11.1 Å². The Balaban J connectivity index is 0.00000156. The molecule has 1 aromatic rings. The highest BCUT2D eigenvalue weighted by molar-refractivity contribution is 7.99. The van der Waals surface area contributed by atoms with E-state index in [1.165, 1.54) is 37.2 Å². The molecule has 2 aliphatic rings. The number of carbonyl (C=O) groups is 1. The van der Waals surface area contributed by atoms with Crippen molar-refractivity contribution in [3.8, 4) is 0 Å². The molecule has 142 valence electrons. The van der Waals surface area contributed by atoms with E-state index >= 15 is 0 Å². The van der Waals surface area contributed by atoms with Gasteiger partial charge in [-0.25, -0.2) is 0 Å². The van der Waals surface area contributed by atoms with Crippen LogP contribution in [0.3, 0.4) is 0 Å². The lowest BCUT2D eigenvalue weighted by atomic mass is 9.94. The van der Waals surface area contributed by atoms with Crippen LogP contribution in [0.15, 0.2) is 18.2 Å². The molecule has 4 nitrogen and oxygen atoms in total. The van der Waals surface area contributed by atoms with Gasteiger partial charge >= 0.3 is 0 Å². The Labute approximate surface area is 167 Å². The lowest BCUT2D eigenvalue weighted by Crippen LogP contribution is -2.56. The van der Waals surface area contributed by atoms with E-state index in [1.54, 1.807) is 6.07 Å². The van der Waals surface area contributed by atoms with Crippen molar-refractivity contribution in [1.82, 2.24) is 10.2 Å². The minimum absolute atomic E-state index is 0. The molecule has 0 aromatic heterocycles. The van der Waals surface area contributed by atoms with Crippen LogP contribution in [-0.2, 0) is 0 Å². The highest BCUT2D eigenvalue weighted by Gasteiger charge is 2.40. The topological polar surface area (TPSA) is 58.4 Å². The number of nitrogens with zero attached hydrogens (tertiary/aromatic N) is 1. The van der Waals surface area contributed by atoms with Gasteiger partial charge in [-0.2, -0.15) is 11.8 Å². The van der Waals surface area contributed by atoms with Crippen LogP contribution in [0.5, 0.6) is 0 Å². The molecular weight excluding hydrogens is 377 g/mol. The fourth-order valence-electron chi connectivity index (χ4n) is 3.90. The number of hydrogen-bond donors (Lipinski definition) is 2. The van der Waals surface area contributed by atoms with Crippen molar-refractivity contribution in [2.24, 2.45) is 0 Å². The number of carbonyl (C=O) groups excluding carboxylic acids is 1. The summed E-state index contributed by atoms with van der Waals surface area (Å²) in [6, 6.07) is 5.54. The number of anilines is 1. The molecule has 1 heterocycles. The second kappa shape index (κ2) is 9.91. The van der Waals surface area contributed by atoms with E-state index in [-0.39, 0.29) is 36.3 Å². The van der Waals surface area contributed by atoms with Crippen LogP contribution in [0.1, 0.15) is 41.6 Å². The Kier molecular flexibility index (Phi) is 8.89. The molecule has 0 radical (unpaired) electrons. The van der Waals surface area contributed by atoms with E-state index in [0.717, 1.165) is 25.2 Å². The van der Waals surface area contributed by atoms with Gasteiger partial charge in [0, 0.05) is 47.9 Å². The first-order valence-electron chi connectivity index (χ1n) is 8.58. The number of halogens is 2.